The fraction of sp³-hybridized carbons (Fsp3) is 0.130. The topological polar surface area (TPSA) is 64.4 Å². The maximum atomic E-state index is 12.1. The van der Waals surface area contributed by atoms with Crippen LogP contribution >= 0.6 is 11.6 Å². The Morgan fingerprint density at radius 2 is 1.83 bits per heavy atom. The van der Waals surface area contributed by atoms with Gasteiger partial charge in [-0.1, -0.05) is 24.6 Å². The standard InChI is InChI=1S/C23H19ClN2O3/c1-2-15-3-12-21-20(13-15)26-23(29-21)16-4-8-18(9-5-16)25-22(27)14-28-19-10-6-17(24)7-11-19/h3-13H,2,14H2,1H3,(H,25,27). The molecule has 146 valence electrons. The molecule has 0 spiro atoms. The molecule has 1 amide bonds. The maximum absolute atomic E-state index is 12.1. The monoisotopic (exact) mass is 406 g/mol. The van der Waals surface area contributed by atoms with E-state index in [0.717, 1.165) is 23.1 Å². The molecule has 0 aliphatic heterocycles. The molecule has 0 aliphatic carbocycles. The average Bonchev–Trinajstić information content (AvgIpc) is 3.17. The molecule has 6 heteroatoms. The fourth-order valence-electron chi connectivity index (χ4n) is 2.89. The van der Waals surface area contributed by atoms with Crippen LogP contribution in [0.5, 0.6) is 5.75 Å². The molecule has 1 N–H and O–H groups in total. The highest BCUT2D eigenvalue weighted by Crippen LogP contribution is 2.26. The van der Waals surface area contributed by atoms with Gasteiger partial charge in [0.1, 0.15) is 11.3 Å². The zero-order chi connectivity index (χ0) is 20.2. The van der Waals surface area contributed by atoms with Crippen molar-refractivity contribution in [3.8, 4) is 17.2 Å². The molecule has 0 bridgehead atoms. The normalized spacial score (nSPS) is 10.8. The van der Waals surface area contributed by atoms with Crippen molar-refractivity contribution in [3.63, 3.8) is 0 Å². The first kappa shape index (κ1) is 19.0. The van der Waals surface area contributed by atoms with E-state index in [9.17, 15) is 4.79 Å². The van der Waals surface area contributed by atoms with Crippen LogP contribution in [0.3, 0.4) is 0 Å². The van der Waals surface area contributed by atoms with Crippen molar-refractivity contribution in [2.45, 2.75) is 13.3 Å². The van der Waals surface area contributed by atoms with Gasteiger partial charge in [0, 0.05) is 16.3 Å². The molecule has 1 heterocycles. The second-order valence-electron chi connectivity index (χ2n) is 6.54. The number of halogens is 1. The van der Waals surface area contributed by atoms with Crippen LogP contribution < -0.4 is 10.1 Å². The number of benzene rings is 3. The van der Waals surface area contributed by atoms with E-state index in [-0.39, 0.29) is 12.5 Å². The van der Waals surface area contributed by atoms with E-state index in [1.165, 1.54) is 5.56 Å². The second kappa shape index (κ2) is 8.37. The minimum Gasteiger partial charge on any atom is -0.484 e. The van der Waals surface area contributed by atoms with Gasteiger partial charge in [-0.25, -0.2) is 4.98 Å². The Morgan fingerprint density at radius 3 is 2.55 bits per heavy atom. The minimum absolute atomic E-state index is 0.0890. The van der Waals surface area contributed by atoms with Crippen molar-refractivity contribution in [1.29, 1.82) is 0 Å². The summed E-state index contributed by atoms with van der Waals surface area (Å²) in [4.78, 5) is 16.7. The van der Waals surface area contributed by atoms with Crippen molar-refractivity contribution in [3.05, 3.63) is 77.3 Å². The molecule has 1 aromatic heterocycles. The number of aryl methyl sites for hydroxylation is 1. The van der Waals surface area contributed by atoms with Gasteiger partial charge in [0.05, 0.1) is 0 Å². The summed E-state index contributed by atoms with van der Waals surface area (Å²) in [6.07, 6.45) is 0.953. The lowest BCUT2D eigenvalue weighted by Crippen LogP contribution is -2.20. The summed E-state index contributed by atoms with van der Waals surface area (Å²) in [6.45, 7) is 2.02. The summed E-state index contributed by atoms with van der Waals surface area (Å²) in [5, 5.41) is 3.42. The Morgan fingerprint density at radius 1 is 1.07 bits per heavy atom. The average molecular weight is 407 g/mol. The first-order valence-electron chi connectivity index (χ1n) is 9.29. The third-order valence-electron chi connectivity index (χ3n) is 4.46. The largest absolute Gasteiger partial charge is 0.484 e. The van der Waals surface area contributed by atoms with E-state index in [1.54, 1.807) is 24.3 Å². The molecule has 4 aromatic rings. The Hall–Kier alpha value is -3.31. The Kier molecular flexibility index (Phi) is 5.49. The number of carbonyl (C=O) groups is 1. The summed E-state index contributed by atoms with van der Waals surface area (Å²) >= 11 is 5.83. The lowest BCUT2D eigenvalue weighted by atomic mass is 10.1. The summed E-state index contributed by atoms with van der Waals surface area (Å²) in [6, 6.07) is 20.2. The van der Waals surface area contributed by atoms with E-state index in [4.69, 9.17) is 20.8 Å². The van der Waals surface area contributed by atoms with Gasteiger partial charge in [-0.2, -0.15) is 0 Å². The Labute approximate surface area is 173 Å². The van der Waals surface area contributed by atoms with Crippen LogP contribution in [0.15, 0.2) is 71.1 Å². The number of fused-ring (bicyclic) bond motifs is 1. The Bertz CT molecular complexity index is 1140. The number of rotatable bonds is 6. The van der Waals surface area contributed by atoms with Crippen molar-refractivity contribution in [2.75, 3.05) is 11.9 Å². The minimum atomic E-state index is -0.248. The van der Waals surface area contributed by atoms with Crippen molar-refractivity contribution in [1.82, 2.24) is 4.98 Å². The van der Waals surface area contributed by atoms with Gasteiger partial charge in [-0.3, -0.25) is 4.79 Å². The maximum Gasteiger partial charge on any atom is 0.262 e. The quantitative estimate of drug-likeness (QED) is 0.444. The number of hydrogen-bond donors (Lipinski definition) is 1. The van der Waals surface area contributed by atoms with Crippen LogP contribution in [-0.4, -0.2) is 17.5 Å². The van der Waals surface area contributed by atoms with E-state index in [0.29, 0.717) is 22.4 Å². The van der Waals surface area contributed by atoms with Crippen LogP contribution in [0.25, 0.3) is 22.6 Å². The number of hydrogen-bond acceptors (Lipinski definition) is 4. The van der Waals surface area contributed by atoms with Crippen molar-refractivity contribution in [2.24, 2.45) is 0 Å². The number of aromatic nitrogens is 1. The molecule has 0 atom stereocenters. The van der Waals surface area contributed by atoms with Crippen LogP contribution in [0.2, 0.25) is 5.02 Å². The molecule has 0 unspecified atom stereocenters. The molecule has 4 rings (SSSR count). The lowest BCUT2D eigenvalue weighted by molar-refractivity contribution is -0.118. The summed E-state index contributed by atoms with van der Waals surface area (Å²) in [7, 11) is 0. The SMILES string of the molecule is CCc1ccc2oc(-c3ccc(NC(=O)COc4ccc(Cl)cc4)cc3)nc2c1. The first-order valence-corrected chi connectivity index (χ1v) is 9.66. The molecule has 0 aliphatic rings. The van der Waals surface area contributed by atoms with Crippen LogP contribution in [0, 0.1) is 0 Å². The van der Waals surface area contributed by atoms with Crippen molar-refractivity contribution >= 4 is 34.3 Å². The molecular weight excluding hydrogens is 388 g/mol. The zero-order valence-corrected chi connectivity index (χ0v) is 16.6. The fourth-order valence-corrected chi connectivity index (χ4v) is 3.02. The lowest BCUT2D eigenvalue weighted by Gasteiger charge is -2.08. The van der Waals surface area contributed by atoms with E-state index >= 15 is 0 Å². The number of amides is 1. The number of anilines is 1. The van der Waals surface area contributed by atoms with E-state index in [1.807, 2.05) is 42.5 Å². The first-order chi connectivity index (χ1) is 14.1. The number of oxazole rings is 1. The highest BCUT2D eigenvalue weighted by Gasteiger charge is 2.10. The second-order valence-corrected chi connectivity index (χ2v) is 6.98. The summed E-state index contributed by atoms with van der Waals surface area (Å²) < 4.78 is 11.3. The third-order valence-corrected chi connectivity index (χ3v) is 4.71. The van der Waals surface area contributed by atoms with Crippen molar-refractivity contribution < 1.29 is 13.9 Å². The number of ether oxygens (including phenoxy) is 1. The summed E-state index contributed by atoms with van der Waals surface area (Å²) in [5.41, 5.74) is 4.33. The number of nitrogens with one attached hydrogen (secondary N) is 1. The van der Waals surface area contributed by atoms with Gasteiger partial charge in [0.15, 0.2) is 12.2 Å². The highest BCUT2D eigenvalue weighted by molar-refractivity contribution is 6.30. The Balaban J connectivity index is 1.39. The molecule has 0 saturated heterocycles. The zero-order valence-electron chi connectivity index (χ0n) is 15.8. The van der Waals surface area contributed by atoms with Crippen LogP contribution in [-0.2, 0) is 11.2 Å². The molecule has 0 radical (unpaired) electrons. The van der Waals surface area contributed by atoms with E-state index in [2.05, 4.69) is 17.2 Å². The third kappa shape index (κ3) is 4.58. The number of carbonyl (C=O) groups excluding carboxylic acids is 1. The molecule has 0 fully saturated rings. The smallest absolute Gasteiger partial charge is 0.262 e. The number of nitrogens with zero attached hydrogens (tertiary/aromatic N) is 1. The predicted molar refractivity (Wildman–Crippen MR) is 114 cm³/mol. The molecule has 29 heavy (non-hydrogen) atoms. The van der Waals surface area contributed by atoms with Gasteiger partial charge in [-0.05, 0) is 72.6 Å². The van der Waals surface area contributed by atoms with Gasteiger partial charge in [0.25, 0.3) is 5.91 Å². The molecule has 3 aromatic carbocycles. The van der Waals surface area contributed by atoms with Gasteiger partial charge in [-0.15, -0.1) is 0 Å². The van der Waals surface area contributed by atoms with Crippen LogP contribution in [0.1, 0.15) is 12.5 Å². The summed E-state index contributed by atoms with van der Waals surface area (Å²) in [5.74, 6) is 0.890. The van der Waals surface area contributed by atoms with Gasteiger partial charge >= 0.3 is 0 Å². The highest BCUT2D eigenvalue weighted by atomic mass is 35.5. The van der Waals surface area contributed by atoms with Gasteiger partial charge < -0.3 is 14.5 Å². The molecular formula is C23H19ClN2O3. The predicted octanol–water partition coefficient (Wildman–Crippen LogP) is 5.73. The molecule has 0 saturated carbocycles. The van der Waals surface area contributed by atoms with E-state index < -0.39 is 0 Å². The van der Waals surface area contributed by atoms with Gasteiger partial charge in [0.2, 0.25) is 5.89 Å². The molecule has 5 nitrogen and oxygen atoms in total. The van der Waals surface area contributed by atoms with Crippen LogP contribution in [0.4, 0.5) is 5.69 Å².